The highest BCUT2D eigenvalue weighted by Gasteiger charge is 2.17. The minimum Gasteiger partial charge on any atom is -0.493 e. The summed E-state index contributed by atoms with van der Waals surface area (Å²) in [6, 6.07) is 5.77. The van der Waals surface area contributed by atoms with Crippen LogP contribution in [-0.4, -0.2) is 27.9 Å². The lowest BCUT2D eigenvalue weighted by atomic mass is 10.1. The van der Waals surface area contributed by atoms with Gasteiger partial charge in [0.05, 0.1) is 19.5 Å². The first-order chi connectivity index (χ1) is 9.89. The van der Waals surface area contributed by atoms with Gasteiger partial charge in [-0.25, -0.2) is 13.6 Å². The molecule has 0 aromatic heterocycles. The molecule has 0 spiro atoms. The first-order valence-corrected chi connectivity index (χ1v) is 8.91. The van der Waals surface area contributed by atoms with E-state index in [4.69, 9.17) is 14.6 Å². The maximum Gasteiger partial charge on any atom is 0.209 e. The second-order valence-corrected chi connectivity index (χ2v) is 6.79. The quantitative estimate of drug-likeness (QED) is 0.758. The Hall–Kier alpha value is -1.27. The summed E-state index contributed by atoms with van der Waals surface area (Å²) in [6.07, 6.45) is 2.56. The average molecular weight is 315 g/mol. The minimum absolute atomic E-state index is 0.0593. The second kappa shape index (κ2) is 8.24. The summed E-state index contributed by atoms with van der Waals surface area (Å²) in [5.74, 6) is 1.13. The van der Waals surface area contributed by atoms with Gasteiger partial charge in [0.2, 0.25) is 10.0 Å². The molecule has 0 saturated heterocycles. The molecule has 6 heteroatoms. The van der Waals surface area contributed by atoms with E-state index < -0.39 is 10.0 Å². The molecule has 0 aliphatic carbocycles. The first-order valence-electron chi connectivity index (χ1n) is 7.19. The van der Waals surface area contributed by atoms with Crippen LogP contribution in [0.25, 0.3) is 0 Å². The molecule has 0 aliphatic heterocycles. The van der Waals surface area contributed by atoms with Gasteiger partial charge in [-0.2, -0.15) is 0 Å². The van der Waals surface area contributed by atoms with Gasteiger partial charge in [0.25, 0.3) is 0 Å². The van der Waals surface area contributed by atoms with E-state index in [1.807, 2.05) is 25.1 Å². The highest BCUT2D eigenvalue weighted by Crippen LogP contribution is 2.29. The summed E-state index contributed by atoms with van der Waals surface area (Å²) in [5.41, 5.74) is 1.16. The number of primary sulfonamides is 1. The zero-order valence-electron chi connectivity index (χ0n) is 13.0. The fraction of sp³-hybridized carbons (Fsp3) is 0.600. The predicted octanol–water partition coefficient (Wildman–Crippen LogP) is 2.34. The van der Waals surface area contributed by atoms with E-state index in [1.165, 1.54) is 0 Å². The van der Waals surface area contributed by atoms with E-state index in [-0.39, 0.29) is 11.7 Å². The van der Waals surface area contributed by atoms with Crippen molar-refractivity contribution in [3.8, 4) is 11.5 Å². The van der Waals surface area contributed by atoms with E-state index in [1.54, 1.807) is 7.11 Å². The average Bonchev–Trinajstić information content (AvgIpc) is 2.43. The molecular weight excluding hydrogens is 290 g/mol. The lowest BCUT2D eigenvalue weighted by Gasteiger charge is -2.17. The summed E-state index contributed by atoms with van der Waals surface area (Å²) in [5, 5.41) is 5.12. The molecule has 0 aliphatic rings. The van der Waals surface area contributed by atoms with E-state index in [0.29, 0.717) is 18.1 Å². The van der Waals surface area contributed by atoms with Gasteiger partial charge in [-0.05, 0) is 30.5 Å². The smallest absolute Gasteiger partial charge is 0.209 e. The zero-order valence-corrected chi connectivity index (χ0v) is 13.8. The summed E-state index contributed by atoms with van der Waals surface area (Å²) >= 11 is 0. The standard InChI is InChI=1S/C15H25NO4S/c1-4-6-13(11-21(16,17)18)10-20-14-8-7-12(5-2)9-15(14)19-3/h7-9,13H,4-6,10-11H2,1-3H3,(H2,16,17,18). The lowest BCUT2D eigenvalue weighted by Crippen LogP contribution is -2.27. The monoisotopic (exact) mass is 315 g/mol. The van der Waals surface area contributed by atoms with E-state index in [0.717, 1.165) is 24.8 Å². The molecule has 5 nitrogen and oxygen atoms in total. The van der Waals surface area contributed by atoms with Crippen LogP contribution < -0.4 is 14.6 Å². The van der Waals surface area contributed by atoms with Crippen LogP contribution in [0, 0.1) is 5.92 Å². The van der Waals surface area contributed by atoms with Crippen LogP contribution in [0.3, 0.4) is 0 Å². The molecular formula is C15H25NO4S. The molecule has 21 heavy (non-hydrogen) atoms. The number of rotatable bonds is 9. The van der Waals surface area contributed by atoms with Crippen molar-refractivity contribution >= 4 is 10.0 Å². The van der Waals surface area contributed by atoms with Gasteiger partial charge in [-0.15, -0.1) is 0 Å². The van der Waals surface area contributed by atoms with Crippen LogP contribution in [0.15, 0.2) is 18.2 Å². The van der Waals surface area contributed by atoms with Crippen molar-refractivity contribution in [2.24, 2.45) is 11.1 Å². The van der Waals surface area contributed by atoms with Crippen molar-refractivity contribution < 1.29 is 17.9 Å². The van der Waals surface area contributed by atoms with Crippen LogP contribution in [-0.2, 0) is 16.4 Å². The number of benzene rings is 1. The van der Waals surface area contributed by atoms with Crippen LogP contribution >= 0.6 is 0 Å². The van der Waals surface area contributed by atoms with Gasteiger partial charge >= 0.3 is 0 Å². The predicted molar refractivity (Wildman–Crippen MR) is 84.2 cm³/mol. The summed E-state index contributed by atoms with van der Waals surface area (Å²) in [4.78, 5) is 0. The normalized spacial score (nSPS) is 13.0. The second-order valence-electron chi connectivity index (χ2n) is 5.13. The molecule has 0 radical (unpaired) electrons. The van der Waals surface area contributed by atoms with Crippen molar-refractivity contribution in [2.75, 3.05) is 19.5 Å². The zero-order chi connectivity index (χ0) is 15.9. The number of nitrogens with two attached hydrogens (primary N) is 1. The topological polar surface area (TPSA) is 78.6 Å². The van der Waals surface area contributed by atoms with Crippen LogP contribution in [0.4, 0.5) is 0 Å². The summed E-state index contributed by atoms with van der Waals surface area (Å²) in [7, 11) is -1.89. The Morgan fingerprint density at radius 2 is 1.95 bits per heavy atom. The van der Waals surface area contributed by atoms with Crippen molar-refractivity contribution in [3.05, 3.63) is 23.8 Å². The van der Waals surface area contributed by atoms with Gasteiger partial charge in [-0.3, -0.25) is 0 Å². The molecule has 120 valence electrons. The SMILES string of the molecule is CCCC(COc1ccc(CC)cc1OC)CS(N)(=O)=O. The lowest BCUT2D eigenvalue weighted by molar-refractivity contribution is 0.241. The largest absolute Gasteiger partial charge is 0.493 e. The molecule has 2 N–H and O–H groups in total. The van der Waals surface area contributed by atoms with Gasteiger partial charge in [0.1, 0.15) is 0 Å². The Labute approximate surface area is 127 Å². The molecule has 1 rings (SSSR count). The number of aryl methyl sites for hydroxylation is 1. The number of sulfonamides is 1. The van der Waals surface area contributed by atoms with Gasteiger partial charge < -0.3 is 9.47 Å². The van der Waals surface area contributed by atoms with E-state index in [9.17, 15) is 8.42 Å². The van der Waals surface area contributed by atoms with Crippen molar-refractivity contribution in [1.29, 1.82) is 0 Å². The molecule has 1 aromatic carbocycles. The highest BCUT2D eigenvalue weighted by molar-refractivity contribution is 7.89. The maximum absolute atomic E-state index is 11.2. The Morgan fingerprint density at radius 3 is 2.48 bits per heavy atom. The van der Waals surface area contributed by atoms with Gasteiger partial charge in [-0.1, -0.05) is 26.3 Å². The third-order valence-corrected chi connectivity index (χ3v) is 4.21. The Kier molecular flexibility index (Phi) is 6.98. The Bertz CT molecular complexity index is 543. The third kappa shape index (κ3) is 6.35. The molecule has 0 saturated carbocycles. The summed E-state index contributed by atoms with van der Waals surface area (Å²) < 4.78 is 33.5. The number of methoxy groups -OCH3 is 1. The maximum atomic E-state index is 11.2. The molecule has 0 heterocycles. The van der Waals surface area contributed by atoms with E-state index in [2.05, 4.69) is 6.92 Å². The Morgan fingerprint density at radius 1 is 1.24 bits per heavy atom. The molecule has 0 fully saturated rings. The fourth-order valence-corrected chi connectivity index (χ4v) is 3.13. The van der Waals surface area contributed by atoms with Gasteiger partial charge in [0.15, 0.2) is 11.5 Å². The number of hydrogen-bond acceptors (Lipinski definition) is 4. The number of hydrogen-bond donors (Lipinski definition) is 1. The fourth-order valence-electron chi connectivity index (χ4n) is 2.21. The van der Waals surface area contributed by atoms with Gasteiger partial charge in [0, 0.05) is 5.92 Å². The molecule has 1 unspecified atom stereocenters. The highest BCUT2D eigenvalue weighted by atomic mass is 32.2. The van der Waals surface area contributed by atoms with Crippen molar-refractivity contribution in [2.45, 2.75) is 33.1 Å². The third-order valence-electron chi connectivity index (χ3n) is 3.28. The molecule has 0 amide bonds. The van der Waals surface area contributed by atoms with E-state index >= 15 is 0 Å². The minimum atomic E-state index is -3.49. The molecule has 1 aromatic rings. The molecule has 0 bridgehead atoms. The Balaban J connectivity index is 2.75. The molecule has 1 atom stereocenters. The van der Waals surface area contributed by atoms with Crippen LogP contribution in [0.1, 0.15) is 32.3 Å². The number of ether oxygens (including phenoxy) is 2. The van der Waals surface area contributed by atoms with Crippen LogP contribution in [0.2, 0.25) is 0 Å². The summed E-state index contributed by atoms with van der Waals surface area (Å²) in [6.45, 7) is 4.39. The first kappa shape index (κ1) is 17.8. The van der Waals surface area contributed by atoms with Crippen molar-refractivity contribution in [1.82, 2.24) is 0 Å². The van der Waals surface area contributed by atoms with Crippen molar-refractivity contribution in [3.63, 3.8) is 0 Å². The van der Waals surface area contributed by atoms with Crippen LogP contribution in [0.5, 0.6) is 11.5 Å².